The average molecular weight is 388 g/mol. The molecule has 1 aromatic carbocycles. The van der Waals surface area contributed by atoms with Crippen LogP contribution in [0, 0.1) is 0 Å². The molecule has 1 saturated carbocycles. The second-order valence-corrected chi connectivity index (χ2v) is 7.85. The van der Waals surface area contributed by atoms with Crippen LogP contribution in [0.25, 0.3) is 11.3 Å². The van der Waals surface area contributed by atoms with Gasteiger partial charge in [0.05, 0.1) is 25.1 Å². The third kappa shape index (κ3) is 4.39. The standard InChI is InChI=1S/C20H26ClN5O/c21-17-6-4-5-16(13-17)18-14-23-25-19(24-18)22-15-20(7-2-1-3-8-20)26-9-11-27-12-10-26/h4-6,13-14H,1-3,7-12,15H2,(H,22,24,25). The second-order valence-electron chi connectivity index (χ2n) is 7.41. The number of halogens is 1. The van der Waals surface area contributed by atoms with Crippen LogP contribution in [-0.4, -0.2) is 58.5 Å². The lowest BCUT2D eigenvalue weighted by atomic mass is 9.80. The molecule has 27 heavy (non-hydrogen) atoms. The van der Waals surface area contributed by atoms with Crippen molar-refractivity contribution in [1.29, 1.82) is 0 Å². The maximum Gasteiger partial charge on any atom is 0.243 e. The number of nitrogens with zero attached hydrogens (tertiary/aromatic N) is 4. The molecule has 0 radical (unpaired) electrons. The summed E-state index contributed by atoms with van der Waals surface area (Å²) in [5, 5.41) is 12.5. The molecule has 2 heterocycles. The molecule has 2 aromatic rings. The fraction of sp³-hybridized carbons (Fsp3) is 0.550. The molecular formula is C20H26ClN5O. The van der Waals surface area contributed by atoms with Crippen LogP contribution in [0.15, 0.2) is 30.5 Å². The summed E-state index contributed by atoms with van der Waals surface area (Å²) in [6, 6.07) is 7.65. The molecule has 144 valence electrons. The lowest BCUT2D eigenvalue weighted by Gasteiger charge is -2.48. The Labute approximate surface area is 165 Å². The molecule has 4 rings (SSSR count). The van der Waals surface area contributed by atoms with Crippen molar-refractivity contribution in [3.05, 3.63) is 35.5 Å². The van der Waals surface area contributed by atoms with Gasteiger partial charge < -0.3 is 10.1 Å². The topological polar surface area (TPSA) is 63.2 Å². The molecule has 1 N–H and O–H groups in total. The maximum atomic E-state index is 6.11. The molecule has 1 saturated heterocycles. The maximum absolute atomic E-state index is 6.11. The van der Waals surface area contributed by atoms with E-state index in [1.165, 1.54) is 32.1 Å². The smallest absolute Gasteiger partial charge is 0.243 e. The largest absolute Gasteiger partial charge is 0.379 e. The Bertz CT molecular complexity index is 760. The molecule has 1 aliphatic carbocycles. The van der Waals surface area contributed by atoms with Gasteiger partial charge in [0, 0.05) is 35.8 Å². The summed E-state index contributed by atoms with van der Waals surface area (Å²) in [6.07, 6.45) is 7.98. The molecule has 6 nitrogen and oxygen atoms in total. The molecule has 0 unspecified atom stereocenters. The Morgan fingerprint density at radius 2 is 1.96 bits per heavy atom. The number of morpholine rings is 1. The molecule has 2 fully saturated rings. The van der Waals surface area contributed by atoms with E-state index in [2.05, 4.69) is 25.4 Å². The minimum absolute atomic E-state index is 0.164. The number of nitrogens with one attached hydrogen (secondary N) is 1. The Balaban J connectivity index is 1.50. The molecule has 1 aliphatic heterocycles. The van der Waals surface area contributed by atoms with Gasteiger partial charge in [-0.15, -0.1) is 5.10 Å². The van der Waals surface area contributed by atoms with Gasteiger partial charge in [-0.05, 0) is 25.0 Å². The van der Waals surface area contributed by atoms with Crippen molar-refractivity contribution in [2.75, 3.05) is 38.2 Å². The first-order valence-corrected chi connectivity index (χ1v) is 10.2. The summed E-state index contributed by atoms with van der Waals surface area (Å²) in [6.45, 7) is 4.49. The molecule has 0 bridgehead atoms. The molecule has 0 amide bonds. The van der Waals surface area contributed by atoms with Crippen molar-refractivity contribution >= 4 is 17.5 Å². The second kappa shape index (κ2) is 8.50. The van der Waals surface area contributed by atoms with Gasteiger partial charge in [0.15, 0.2) is 0 Å². The van der Waals surface area contributed by atoms with E-state index in [4.69, 9.17) is 16.3 Å². The number of rotatable bonds is 5. The normalized spacial score (nSPS) is 20.3. The number of ether oxygens (including phenoxy) is 1. The highest BCUT2D eigenvalue weighted by Crippen LogP contribution is 2.34. The first kappa shape index (κ1) is 18.6. The first-order chi connectivity index (χ1) is 13.3. The predicted molar refractivity (Wildman–Crippen MR) is 107 cm³/mol. The highest BCUT2D eigenvalue weighted by Gasteiger charge is 2.38. The van der Waals surface area contributed by atoms with Gasteiger partial charge in [-0.2, -0.15) is 5.10 Å². The minimum Gasteiger partial charge on any atom is -0.379 e. The monoisotopic (exact) mass is 387 g/mol. The SMILES string of the molecule is Clc1cccc(-c2cnnc(NCC3(N4CCOCC4)CCCCC3)n2)c1. The number of benzene rings is 1. The van der Waals surface area contributed by atoms with Crippen LogP contribution in [0.3, 0.4) is 0 Å². The minimum atomic E-state index is 0.164. The van der Waals surface area contributed by atoms with Crippen LogP contribution in [-0.2, 0) is 4.74 Å². The van der Waals surface area contributed by atoms with Crippen molar-refractivity contribution in [1.82, 2.24) is 20.1 Å². The predicted octanol–water partition coefficient (Wildman–Crippen LogP) is 3.64. The van der Waals surface area contributed by atoms with Gasteiger partial charge in [-0.3, -0.25) is 4.90 Å². The van der Waals surface area contributed by atoms with E-state index in [0.29, 0.717) is 11.0 Å². The van der Waals surface area contributed by atoms with E-state index in [1.54, 1.807) is 6.20 Å². The van der Waals surface area contributed by atoms with Crippen molar-refractivity contribution in [3.63, 3.8) is 0 Å². The van der Waals surface area contributed by atoms with Gasteiger partial charge in [0.25, 0.3) is 0 Å². The van der Waals surface area contributed by atoms with Crippen molar-refractivity contribution < 1.29 is 4.74 Å². The summed E-state index contributed by atoms with van der Waals surface area (Å²) in [5.74, 6) is 0.575. The molecular weight excluding hydrogens is 362 g/mol. The van der Waals surface area contributed by atoms with E-state index < -0.39 is 0 Å². The Morgan fingerprint density at radius 3 is 2.74 bits per heavy atom. The highest BCUT2D eigenvalue weighted by atomic mass is 35.5. The Hall–Kier alpha value is -1.76. The van der Waals surface area contributed by atoms with Crippen molar-refractivity contribution in [3.8, 4) is 11.3 Å². The van der Waals surface area contributed by atoms with E-state index in [0.717, 1.165) is 44.1 Å². The zero-order chi connectivity index (χ0) is 18.5. The van der Waals surface area contributed by atoms with Gasteiger partial charge in [-0.25, -0.2) is 4.98 Å². The first-order valence-electron chi connectivity index (χ1n) is 9.78. The third-order valence-corrected chi connectivity index (χ3v) is 5.96. The summed E-state index contributed by atoms with van der Waals surface area (Å²) in [5.41, 5.74) is 1.89. The van der Waals surface area contributed by atoms with Gasteiger partial charge >= 0.3 is 0 Å². The fourth-order valence-electron chi connectivity index (χ4n) is 4.26. The van der Waals surface area contributed by atoms with Crippen LogP contribution >= 0.6 is 11.6 Å². The molecule has 7 heteroatoms. The lowest BCUT2D eigenvalue weighted by molar-refractivity contribution is -0.0319. The third-order valence-electron chi connectivity index (χ3n) is 5.72. The summed E-state index contributed by atoms with van der Waals surface area (Å²) in [7, 11) is 0. The molecule has 0 atom stereocenters. The van der Waals surface area contributed by atoms with Crippen molar-refractivity contribution in [2.24, 2.45) is 0 Å². The molecule has 1 aromatic heterocycles. The van der Waals surface area contributed by atoms with Crippen LogP contribution < -0.4 is 5.32 Å². The van der Waals surface area contributed by atoms with E-state index in [9.17, 15) is 0 Å². The fourth-order valence-corrected chi connectivity index (χ4v) is 4.45. The molecule has 0 spiro atoms. The summed E-state index contributed by atoms with van der Waals surface area (Å²) < 4.78 is 5.57. The van der Waals surface area contributed by atoms with Gasteiger partial charge in [0.1, 0.15) is 0 Å². The quantitative estimate of drug-likeness (QED) is 0.845. The lowest BCUT2D eigenvalue weighted by Crippen LogP contribution is -2.58. The number of anilines is 1. The summed E-state index contributed by atoms with van der Waals surface area (Å²) >= 11 is 6.11. The van der Waals surface area contributed by atoms with Gasteiger partial charge in [0.2, 0.25) is 5.95 Å². The van der Waals surface area contributed by atoms with Crippen LogP contribution in [0.1, 0.15) is 32.1 Å². The number of hydrogen-bond acceptors (Lipinski definition) is 6. The molecule has 2 aliphatic rings. The highest BCUT2D eigenvalue weighted by molar-refractivity contribution is 6.30. The van der Waals surface area contributed by atoms with E-state index >= 15 is 0 Å². The van der Waals surface area contributed by atoms with Crippen LogP contribution in [0.2, 0.25) is 5.02 Å². The van der Waals surface area contributed by atoms with Crippen LogP contribution in [0.5, 0.6) is 0 Å². The average Bonchev–Trinajstić information content (AvgIpc) is 2.74. The number of aromatic nitrogens is 3. The Kier molecular flexibility index (Phi) is 5.86. The zero-order valence-corrected chi connectivity index (χ0v) is 16.3. The number of hydrogen-bond donors (Lipinski definition) is 1. The zero-order valence-electron chi connectivity index (χ0n) is 15.5. The van der Waals surface area contributed by atoms with Gasteiger partial charge in [-0.1, -0.05) is 43.0 Å². The van der Waals surface area contributed by atoms with Crippen molar-refractivity contribution in [2.45, 2.75) is 37.6 Å². The summed E-state index contributed by atoms with van der Waals surface area (Å²) in [4.78, 5) is 7.27. The van der Waals surface area contributed by atoms with E-state index in [1.807, 2.05) is 24.3 Å². The Morgan fingerprint density at radius 1 is 1.15 bits per heavy atom. The van der Waals surface area contributed by atoms with Crippen LogP contribution in [0.4, 0.5) is 5.95 Å². The van der Waals surface area contributed by atoms with E-state index in [-0.39, 0.29) is 5.54 Å².